The van der Waals surface area contributed by atoms with Gasteiger partial charge in [-0.1, -0.05) is 61.2 Å². The van der Waals surface area contributed by atoms with E-state index in [9.17, 15) is 0 Å². The summed E-state index contributed by atoms with van der Waals surface area (Å²) in [6.45, 7) is 6.20. The van der Waals surface area contributed by atoms with Crippen molar-refractivity contribution in [2.75, 3.05) is 0 Å². The Morgan fingerprint density at radius 1 is 1.10 bits per heavy atom. The minimum absolute atomic E-state index is 1.02. The van der Waals surface area contributed by atoms with Crippen molar-refractivity contribution < 1.29 is 0 Å². The fourth-order valence-corrected chi connectivity index (χ4v) is 3.37. The summed E-state index contributed by atoms with van der Waals surface area (Å²) in [5.41, 5.74) is 8.01. The molecule has 0 aliphatic heterocycles. The molecule has 0 spiro atoms. The van der Waals surface area contributed by atoms with Gasteiger partial charge >= 0.3 is 0 Å². The molecule has 0 heteroatoms. The highest BCUT2D eigenvalue weighted by Crippen LogP contribution is 2.41. The minimum Gasteiger partial charge on any atom is -0.0984 e. The quantitative estimate of drug-likeness (QED) is 0.637. The van der Waals surface area contributed by atoms with Crippen LogP contribution in [0, 0.1) is 6.92 Å². The maximum Gasteiger partial charge on any atom is -0.00241 e. The van der Waals surface area contributed by atoms with Crippen LogP contribution in [0.15, 0.2) is 66.8 Å². The number of aryl methyl sites for hydroxylation is 1. The molecule has 0 amide bonds. The first kappa shape index (κ1) is 11.5. The van der Waals surface area contributed by atoms with Gasteiger partial charge in [0.05, 0.1) is 0 Å². The lowest BCUT2D eigenvalue weighted by atomic mass is 9.91. The summed E-state index contributed by atoms with van der Waals surface area (Å²) >= 11 is 0. The summed E-state index contributed by atoms with van der Waals surface area (Å²) in [7, 11) is 0. The van der Waals surface area contributed by atoms with E-state index < -0.39 is 0 Å². The normalized spacial score (nSPS) is 16.1. The van der Waals surface area contributed by atoms with Gasteiger partial charge < -0.3 is 0 Å². The van der Waals surface area contributed by atoms with Crippen LogP contribution in [0.25, 0.3) is 21.9 Å². The lowest BCUT2D eigenvalue weighted by Crippen LogP contribution is -1.90. The highest BCUT2D eigenvalue weighted by atomic mass is 14.2. The molecule has 0 unspecified atom stereocenters. The fourth-order valence-electron chi connectivity index (χ4n) is 3.37. The summed E-state index contributed by atoms with van der Waals surface area (Å²) in [4.78, 5) is 0. The second kappa shape index (κ2) is 4.08. The molecule has 4 rings (SSSR count). The third-order valence-corrected chi connectivity index (χ3v) is 4.38. The van der Waals surface area contributed by atoms with Gasteiger partial charge in [0.25, 0.3) is 0 Å². The Morgan fingerprint density at radius 2 is 2.00 bits per heavy atom. The van der Waals surface area contributed by atoms with Crippen LogP contribution >= 0.6 is 0 Å². The SMILES string of the molecule is C=CC1=CC2=C(C=CC2)c2cccc3c(C)ccc1c23. The van der Waals surface area contributed by atoms with E-state index in [4.69, 9.17) is 0 Å². The fraction of sp³-hybridized carbons (Fsp3) is 0.100. The zero-order chi connectivity index (χ0) is 13.7. The van der Waals surface area contributed by atoms with Crippen molar-refractivity contribution in [3.8, 4) is 0 Å². The van der Waals surface area contributed by atoms with Crippen molar-refractivity contribution in [1.29, 1.82) is 0 Å². The average molecular weight is 256 g/mol. The van der Waals surface area contributed by atoms with Crippen LogP contribution in [0.4, 0.5) is 0 Å². The van der Waals surface area contributed by atoms with Gasteiger partial charge in [-0.3, -0.25) is 0 Å². The monoisotopic (exact) mass is 256 g/mol. The molecular weight excluding hydrogens is 240 g/mol. The van der Waals surface area contributed by atoms with Crippen molar-refractivity contribution >= 4 is 21.9 Å². The third-order valence-electron chi connectivity index (χ3n) is 4.38. The Balaban J connectivity index is 2.24. The second-order valence-electron chi connectivity index (χ2n) is 5.51. The Kier molecular flexibility index (Phi) is 2.34. The van der Waals surface area contributed by atoms with Gasteiger partial charge in [-0.15, -0.1) is 0 Å². The molecule has 0 saturated carbocycles. The van der Waals surface area contributed by atoms with Gasteiger partial charge in [-0.2, -0.15) is 0 Å². The number of hydrogen-bond acceptors (Lipinski definition) is 0. The van der Waals surface area contributed by atoms with Crippen molar-refractivity contribution in [1.82, 2.24) is 0 Å². The van der Waals surface area contributed by atoms with E-state index in [1.165, 1.54) is 44.2 Å². The summed E-state index contributed by atoms with van der Waals surface area (Å²) in [6, 6.07) is 11.1. The molecule has 0 fully saturated rings. The van der Waals surface area contributed by atoms with E-state index in [1.54, 1.807) is 0 Å². The number of benzene rings is 2. The number of allylic oxidation sites excluding steroid dienone is 7. The zero-order valence-electron chi connectivity index (χ0n) is 11.6. The molecule has 0 saturated heterocycles. The number of hydrogen-bond donors (Lipinski definition) is 0. The largest absolute Gasteiger partial charge is 0.0984 e. The summed E-state index contributed by atoms with van der Waals surface area (Å²) in [6.07, 6.45) is 9.82. The standard InChI is InChI=1S/C20H16/c1-3-14-12-15-6-4-8-17(15)19-9-5-7-16-13(2)10-11-18(14)20(16)19/h3-5,7-12H,1,6H2,2H3. The zero-order valence-corrected chi connectivity index (χ0v) is 11.6. The summed E-state index contributed by atoms with van der Waals surface area (Å²) in [5, 5.41) is 2.72. The Labute approximate surface area is 119 Å². The molecule has 2 aliphatic rings. The van der Waals surface area contributed by atoms with Crippen LogP contribution in [0.5, 0.6) is 0 Å². The molecular formula is C20H16. The average Bonchev–Trinajstić information content (AvgIpc) is 2.89. The predicted octanol–water partition coefficient (Wildman–Crippen LogP) is 5.44. The highest BCUT2D eigenvalue weighted by molar-refractivity contribution is 6.08. The topological polar surface area (TPSA) is 0 Å². The molecule has 2 aromatic carbocycles. The van der Waals surface area contributed by atoms with Crippen LogP contribution in [0.2, 0.25) is 0 Å². The van der Waals surface area contributed by atoms with Gasteiger partial charge in [0.1, 0.15) is 0 Å². The van der Waals surface area contributed by atoms with Gasteiger partial charge in [0.15, 0.2) is 0 Å². The smallest absolute Gasteiger partial charge is 0.00241 e. The highest BCUT2D eigenvalue weighted by Gasteiger charge is 2.19. The van der Waals surface area contributed by atoms with E-state index in [0.717, 1.165) is 6.42 Å². The first-order chi connectivity index (χ1) is 9.79. The predicted molar refractivity (Wildman–Crippen MR) is 87.5 cm³/mol. The van der Waals surface area contributed by atoms with Gasteiger partial charge in [-0.05, 0) is 57.5 Å². The molecule has 96 valence electrons. The van der Waals surface area contributed by atoms with E-state index in [1.807, 2.05) is 6.08 Å². The van der Waals surface area contributed by atoms with Gasteiger partial charge in [-0.25, -0.2) is 0 Å². The van der Waals surface area contributed by atoms with Crippen LogP contribution in [0.3, 0.4) is 0 Å². The molecule has 0 bridgehead atoms. The van der Waals surface area contributed by atoms with Crippen LogP contribution in [-0.2, 0) is 0 Å². The maximum atomic E-state index is 4.01. The maximum absolute atomic E-state index is 4.01. The Bertz CT molecular complexity index is 842. The molecule has 2 aliphatic carbocycles. The van der Waals surface area contributed by atoms with E-state index in [-0.39, 0.29) is 0 Å². The van der Waals surface area contributed by atoms with Crippen molar-refractivity contribution in [2.24, 2.45) is 0 Å². The van der Waals surface area contributed by atoms with Crippen LogP contribution in [0.1, 0.15) is 23.1 Å². The Morgan fingerprint density at radius 3 is 2.85 bits per heavy atom. The van der Waals surface area contributed by atoms with Gasteiger partial charge in [0, 0.05) is 0 Å². The molecule has 0 N–H and O–H groups in total. The van der Waals surface area contributed by atoms with E-state index in [2.05, 4.69) is 62.1 Å². The van der Waals surface area contributed by atoms with E-state index >= 15 is 0 Å². The second-order valence-corrected chi connectivity index (χ2v) is 5.51. The first-order valence-corrected chi connectivity index (χ1v) is 7.06. The van der Waals surface area contributed by atoms with Crippen molar-refractivity contribution in [2.45, 2.75) is 13.3 Å². The minimum atomic E-state index is 1.02. The van der Waals surface area contributed by atoms with Crippen molar-refractivity contribution in [3.05, 3.63) is 83.5 Å². The molecule has 0 aromatic heterocycles. The molecule has 0 atom stereocenters. The molecule has 20 heavy (non-hydrogen) atoms. The molecule has 0 heterocycles. The van der Waals surface area contributed by atoms with E-state index in [0.29, 0.717) is 0 Å². The number of rotatable bonds is 1. The summed E-state index contributed by atoms with van der Waals surface area (Å²) in [5.74, 6) is 0. The number of fused-ring (bicyclic) bond motifs is 1. The molecule has 0 radical (unpaired) electrons. The summed E-state index contributed by atoms with van der Waals surface area (Å²) < 4.78 is 0. The molecule has 2 aromatic rings. The van der Waals surface area contributed by atoms with Crippen molar-refractivity contribution in [3.63, 3.8) is 0 Å². The van der Waals surface area contributed by atoms with Gasteiger partial charge in [0.2, 0.25) is 0 Å². The Hall–Kier alpha value is -2.34. The lowest BCUT2D eigenvalue weighted by Gasteiger charge is -2.12. The first-order valence-electron chi connectivity index (χ1n) is 7.06. The van der Waals surface area contributed by atoms with Crippen LogP contribution < -0.4 is 0 Å². The molecule has 0 nitrogen and oxygen atoms in total. The third kappa shape index (κ3) is 1.42. The van der Waals surface area contributed by atoms with Crippen LogP contribution in [-0.4, -0.2) is 0 Å². The lowest BCUT2D eigenvalue weighted by molar-refractivity contribution is 1.34.